The third kappa shape index (κ3) is 4.20. The van der Waals surface area contributed by atoms with Crippen LogP contribution >= 0.6 is 0 Å². The van der Waals surface area contributed by atoms with Crippen LogP contribution in [0.2, 0.25) is 0 Å². The fourth-order valence-corrected chi connectivity index (χ4v) is 2.68. The molecule has 0 aromatic heterocycles. The Labute approximate surface area is 115 Å². The molecule has 1 rings (SSSR count). The fraction of sp³-hybridized carbons (Fsp3) is 0.857. The van der Waals surface area contributed by atoms with Crippen molar-refractivity contribution in [3.05, 3.63) is 0 Å². The molecule has 1 saturated heterocycles. The van der Waals surface area contributed by atoms with Crippen molar-refractivity contribution in [3.63, 3.8) is 0 Å². The Morgan fingerprint density at radius 2 is 2.00 bits per heavy atom. The number of amides is 1. The highest BCUT2D eigenvalue weighted by Gasteiger charge is 2.38. The maximum atomic E-state index is 12.1. The average molecular weight is 270 g/mol. The van der Waals surface area contributed by atoms with Gasteiger partial charge in [-0.3, -0.25) is 14.5 Å². The lowest BCUT2D eigenvalue weighted by Crippen LogP contribution is -2.47. The van der Waals surface area contributed by atoms with E-state index in [4.69, 9.17) is 5.11 Å². The molecule has 0 spiro atoms. The number of rotatable bonds is 6. The van der Waals surface area contributed by atoms with Gasteiger partial charge in [0.1, 0.15) is 0 Å². The van der Waals surface area contributed by atoms with Crippen molar-refractivity contribution in [1.29, 1.82) is 0 Å². The van der Waals surface area contributed by atoms with E-state index in [0.717, 1.165) is 12.8 Å². The molecule has 4 unspecified atom stereocenters. The minimum Gasteiger partial charge on any atom is -0.481 e. The molecule has 1 aliphatic heterocycles. The Bertz CT molecular complexity index is 333. The number of hydrogen-bond acceptors (Lipinski definition) is 3. The van der Waals surface area contributed by atoms with E-state index in [9.17, 15) is 9.59 Å². The molecule has 4 atom stereocenters. The van der Waals surface area contributed by atoms with Crippen molar-refractivity contribution in [2.45, 2.75) is 52.6 Å². The molecule has 1 amide bonds. The number of nitrogens with zero attached hydrogens (tertiary/aromatic N) is 1. The lowest BCUT2D eigenvalue weighted by Gasteiger charge is -2.25. The van der Waals surface area contributed by atoms with Gasteiger partial charge in [0.2, 0.25) is 5.91 Å². The molecule has 0 saturated carbocycles. The average Bonchev–Trinajstić information content (AvgIpc) is 2.70. The number of carboxylic acids is 1. The van der Waals surface area contributed by atoms with E-state index in [1.54, 1.807) is 0 Å². The van der Waals surface area contributed by atoms with E-state index in [0.29, 0.717) is 13.1 Å². The first kappa shape index (κ1) is 16.0. The van der Waals surface area contributed by atoms with Crippen LogP contribution in [-0.2, 0) is 9.59 Å². The van der Waals surface area contributed by atoms with Crippen LogP contribution in [0.4, 0.5) is 0 Å². The third-order valence-electron chi connectivity index (χ3n) is 4.00. The second-order valence-corrected chi connectivity index (χ2v) is 5.75. The highest BCUT2D eigenvalue weighted by Crippen LogP contribution is 2.24. The van der Waals surface area contributed by atoms with Gasteiger partial charge >= 0.3 is 5.97 Å². The monoisotopic (exact) mass is 270 g/mol. The molecule has 0 radical (unpaired) electrons. The first-order valence-electron chi connectivity index (χ1n) is 7.14. The van der Waals surface area contributed by atoms with Gasteiger partial charge in [-0.05, 0) is 26.2 Å². The minimum absolute atomic E-state index is 0.000751. The smallest absolute Gasteiger partial charge is 0.308 e. The van der Waals surface area contributed by atoms with Crippen molar-refractivity contribution in [2.75, 3.05) is 13.1 Å². The van der Waals surface area contributed by atoms with Gasteiger partial charge in [0.25, 0.3) is 0 Å². The Kier molecular flexibility index (Phi) is 5.79. The maximum absolute atomic E-state index is 12.1. The van der Waals surface area contributed by atoms with Gasteiger partial charge < -0.3 is 10.4 Å². The summed E-state index contributed by atoms with van der Waals surface area (Å²) in [6.45, 7) is 9.02. The first-order chi connectivity index (χ1) is 8.86. The lowest BCUT2D eigenvalue weighted by atomic mass is 9.99. The molecule has 0 aromatic rings. The number of carbonyl (C=O) groups is 2. The van der Waals surface area contributed by atoms with Crippen LogP contribution in [-0.4, -0.2) is 47.1 Å². The molecule has 5 heteroatoms. The molecule has 0 aromatic carbocycles. The first-order valence-corrected chi connectivity index (χ1v) is 7.14. The number of hydrogen-bond donors (Lipinski definition) is 2. The summed E-state index contributed by atoms with van der Waals surface area (Å²) in [7, 11) is 0. The zero-order chi connectivity index (χ0) is 14.6. The topological polar surface area (TPSA) is 69.6 Å². The van der Waals surface area contributed by atoms with E-state index in [1.807, 2.05) is 25.7 Å². The van der Waals surface area contributed by atoms with Crippen molar-refractivity contribution in [1.82, 2.24) is 10.2 Å². The normalized spacial score (nSPS) is 26.9. The van der Waals surface area contributed by atoms with Crippen molar-refractivity contribution < 1.29 is 14.7 Å². The number of carbonyl (C=O) groups excluding carboxylic acids is 1. The van der Waals surface area contributed by atoms with Crippen LogP contribution in [0.5, 0.6) is 0 Å². The van der Waals surface area contributed by atoms with Gasteiger partial charge in [-0.2, -0.15) is 0 Å². The van der Waals surface area contributed by atoms with E-state index in [-0.39, 0.29) is 29.8 Å². The summed E-state index contributed by atoms with van der Waals surface area (Å²) < 4.78 is 0. The standard InChI is InChI=1S/C14H26N2O3/c1-5-6-10(3)15-13(17)11(4)16-7-9(2)12(8-16)14(18)19/h9-12H,5-8H2,1-4H3,(H,15,17)(H,18,19). The van der Waals surface area contributed by atoms with Crippen LogP contribution in [0.25, 0.3) is 0 Å². The van der Waals surface area contributed by atoms with Gasteiger partial charge in [0, 0.05) is 19.1 Å². The predicted molar refractivity (Wildman–Crippen MR) is 73.8 cm³/mol. The summed E-state index contributed by atoms with van der Waals surface area (Å²) >= 11 is 0. The van der Waals surface area contributed by atoms with E-state index >= 15 is 0 Å². The fourth-order valence-electron chi connectivity index (χ4n) is 2.68. The number of carboxylic acid groups (broad SMARTS) is 1. The predicted octanol–water partition coefficient (Wildman–Crippen LogP) is 1.33. The Hall–Kier alpha value is -1.10. The van der Waals surface area contributed by atoms with E-state index in [2.05, 4.69) is 12.2 Å². The van der Waals surface area contributed by atoms with Gasteiger partial charge in [-0.25, -0.2) is 0 Å². The summed E-state index contributed by atoms with van der Waals surface area (Å²) in [5.74, 6) is -1.02. The zero-order valence-corrected chi connectivity index (χ0v) is 12.3. The molecule has 1 fully saturated rings. The van der Waals surface area contributed by atoms with Crippen LogP contribution < -0.4 is 5.32 Å². The van der Waals surface area contributed by atoms with Crippen molar-refractivity contribution in [3.8, 4) is 0 Å². The zero-order valence-electron chi connectivity index (χ0n) is 12.3. The summed E-state index contributed by atoms with van der Waals surface area (Å²) in [6, 6.07) is -0.0821. The molecular weight excluding hydrogens is 244 g/mol. The highest BCUT2D eigenvalue weighted by atomic mass is 16.4. The van der Waals surface area contributed by atoms with Crippen LogP contribution in [0, 0.1) is 11.8 Å². The number of likely N-dealkylation sites (tertiary alicyclic amines) is 1. The molecule has 110 valence electrons. The van der Waals surface area contributed by atoms with Gasteiger partial charge in [0.05, 0.1) is 12.0 Å². The molecule has 19 heavy (non-hydrogen) atoms. The maximum Gasteiger partial charge on any atom is 0.308 e. The van der Waals surface area contributed by atoms with Crippen molar-refractivity contribution in [2.24, 2.45) is 11.8 Å². The van der Waals surface area contributed by atoms with Crippen LogP contribution in [0.1, 0.15) is 40.5 Å². The Morgan fingerprint density at radius 1 is 1.37 bits per heavy atom. The largest absolute Gasteiger partial charge is 0.481 e. The van der Waals surface area contributed by atoms with E-state index in [1.165, 1.54) is 0 Å². The van der Waals surface area contributed by atoms with Crippen molar-refractivity contribution >= 4 is 11.9 Å². The summed E-state index contributed by atoms with van der Waals surface area (Å²) in [5.41, 5.74) is 0. The molecule has 5 nitrogen and oxygen atoms in total. The second kappa shape index (κ2) is 6.89. The van der Waals surface area contributed by atoms with E-state index < -0.39 is 5.97 Å². The summed E-state index contributed by atoms with van der Waals surface area (Å²) in [4.78, 5) is 25.2. The molecular formula is C14H26N2O3. The number of nitrogens with one attached hydrogen (secondary N) is 1. The van der Waals surface area contributed by atoms with Crippen LogP contribution in [0.3, 0.4) is 0 Å². The minimum atomic E-state index is -0.762. The molecule has 0 bridgehead atoms. The second-order valence-electron chi connectivity index (χ2n) is 5.75. The number of aliphatic carboxylic acids is 1. The molecule has 1 aliphatic rings. The SMILES string of the molecule is CCCC(C)NC(=O)C(C)N1CC(C)C(C(=O)O)C1. The van der Waals surface area contributed by atoms with Crippen LogP contribution in [0.15, 0.2) is 0 Å². The third-order valence-corrected chi connectivity index (χ3v) is 4.00. The Morgan fingerprint density at radius 3 is 2.47 bits per heavy atom. The Balaban J connectivity index is 2.52. The summed E-state index contributed by atoms with van der Waals surface area (Å²) in [5, 5.41) is 12.1. The van der Waals surface area contributed by atoms with Gasteiger partial charge in [0.15, 0.2) is 0 Å². The summed E-state index contributed by atoms with van der Waals surface area (Å²) in [6.07, 6.45) is 2.00. The quantitative estimate of drug-likeness (QED) is 0.764. The lowest BCUT2D eigenvalue weighted by molar-refractivity contribution is -0.142. The highest BCUT2D eigenvalue weighted by molar-refractivity contribution is 5.81. The molecule has 0 aliphatic carbocycles. The molecule has 2 N–H and O–H groups in total. The molecule has 1 heterocycles. The van der Waals surface area contributed by atoms with Gasteiger partial charge in [-0.15, -0.1) is 0 Å². The van der Waals surface area contributed by atoms with Gasteiger partial charge in [-0.1, -0.05) is 20.3 Å².